The molecule has 0 spiro atoms. The number of hydrogen-bond acceptors (Lipinski definition) is 7. The predicted molar refractivity (Wildman–Crippen MR) is 114 cm³/mol. The molecule has 0 aromatic heterocycles. The van der Waals surface area contributed by atoms with E-state index in [0.29, 0.717) is 5.56 Å². The topological polar surface area (TPSA) is 110 Å². The van der Waals surface area contributed by atoms with Crippen LogP contribution < -0.4 is 4.83 Å². The zero-order valence-corrected chi connectivity index (χ0v) is 17.0. The summed E-state index contributed by atoms with van der Waals surface area (Å²) >= 11 is 6.07. The number of hydrogen-bond donors (Lipinski definition) is 1. The van der Waals surface area contributed by atoms with E-state index in [-0.39, 0.29) is 19.8 Å². The average Bonchev–Trinajstić information content (AvgIpc) is 2.96. The Labute approximate surface area is 176 Å². The molecule has 1 N–H and O–H groups in total. The summed E-state index contributed by atoms with van der Waals surface area (Å²) in [5, 5.41) is 11.5. The van der Waals surface area contributed by atoms with Crippen LogP contribution in [0, 0.1) is 10.1 Å². The number of hydrazine groups is 1. The summed E-state index contributed by atoms with van der Waals surface area (Å²) in [6, 6.07) is 13.5. The van der Waals surface area contributed by atoms with Crippen molar-refractivity contribution < 1.29 is 18.1 Å². The molecule has 1 amide bonds. The van der Waals surface area contributed by atoms with Crippen molar-refractivity contribution >= 4 is 56.0 Å². The summed E-state index contributed by atoms with van der Waals surface area (Å²) in [5.74, 6) is -0.590. The number of nitro groups is 1. The number of non-ortho nitro benzene ring substituents is 1. The van der Waals surface area contributed by atoms with Crippen molar-refractivity contribution in [3.8, 4) is 0 Å². The number of allylic oxidation sites excluding steroid dienone is 2. The number of carbonyl (C=O) groups is 1. The van der Waals surface area contributed by atoms with Gasteiger partial charge in [0.1, 0.15) is 0 Å². The Hall–Kier alpha value is -2.86. The number of nitrogens with one attached hydrogen (secondary N) is 1. The first-order valence-corrected chi connectivity index (χ1v) is 10.8. The Kier molecular flexibility index (Phi) is 6.23. The zero-order valence-electron chi connectivity index (χ0n) is 14.6. The minimum Gasteiger partial charge on any atom is -0.267 e. The normalized spacial score (nSPS) is 16.1. The minimum atomic E-state index is -3.95. The molecule has 0 aliphatic carbocycles. The lowest BCUT2D eigenvalue weighted by Crippen LogP contribution is -2.44. The molecule has 1 saturated heterocycles. The van der Waals surface area contributed by atoms with Crippen molar-refractivity contribution in [2.24, 2.45) is 0 Å². The Bertz CT molecular complexity index is 1130. The highest BCUT2D eigenvalue weighted by Crippen LogP contribution is 2.30. The monoisotopic (exact) mass is 447 g/mol. The van der Waals surface area contributed by atoms with Gasteiger partial charge in [0.25, 0.3) is 21.6 Å². The van der Waals surface area contributed by atoms with E-state index < -0.39 is 20.9 Å². The second kappa shape index (κ2) is 8.66. The van der Waals surface area contributed by atoms with Gasteiger partial charge in [-0.1, -0.05) is 54.3 Å². The van der Waals surface area contributed by atoms with E-state index in [1.165, 1.54) is 30.3 Å². The van der Waals surface area contributed by atoms with E-state index in [0.717, 1.165) is 16.8 Å². The highest BCUT2D eigenvalue weighted by Gasteiger charge is 2.35. The second-order valence-corrected chi connectivity index (χ2v) is 8.99. The van der Waals surface area contributed by atoms with Gasteiger partial charge in [-0.3, -0.25) is 14.9 Å². The molecule has 1 heterocycles. The highest BCUT2D eigenvalue weighted by molar-refractivity contribution is 8.26. The van der Waals surface area contributed by atoms with Gasteiger partial charge in [-0.2, -0.15) is 0 Å². The van der Waals surface area contributed by atoms with Crippen LogP contribution in [0.1, 0.15) is 5.56 Å². The van der Waals surface area contributed by atoms with Gasteiger partial charge in [-0.05, 0) is 35.9 Å². The summed E-state index contributed by atoms with van der Waals surface area (Å²) in [5.41, 5.74) is 0.681. The molecular weight excluding hydrogens is 434 g/mol. The molecule has 3 rings (SSSR count). The number of nitro benzene ring substituents is 1. The van der Waals surface area contributed by atoms with Crippen LogP contribution in [0.2, 0.25) is 0 Å². The van der Waals surface area contributed by atoms with E-state index in [1.54, 1.807) is 42.5 Å². The molecule has 0 unspecified atom stereocenters. The van der Waals surface area contributed by atoms with Crippen molar-refractivity contribution in [3.63, 3.8) is 0 Å². The average molecular weight is 448 g/mol. The standard InChI is InChI=1S/C18H13N3O5S3/c22-17-16(8-4-5-13-9-11-14(12-10-13)21(23)24)28-18(27)20(17)19-29(25,26)15-6-2-1-3-7-15/h1-12,19H/b5-4+,16-8+. The molecule has 8 nitrogen and oxygen atoms in total. The molecule has 0 bridgehead atoms. The third kappa shape index (κ3) is 4.95. The summed E-state index contributed by atoms with van der Waals surface area (Å²) in [6.45, 7) is 0. The number of carbonyl (C=O) groups excluding carboxylic acids is 1. The fourth-order valence-electron chi connectivity index (χ4n) is 2.29. The lowest BCUT2D eigenvalue weighted by Gasteiger charge is -2.15. The maximum absolute atomic E-state index is 12.5. The Morgan fingerprint density at radius 2 is 1.76 bits per heavy atom. The fourth-order valence-corrected chi connectivity index (χ4v) is 4.57. The van der Waals surface area contributed by atoms with Gasteiger partial charge in [0.15, 0.2) is 4.32 Å². The quantitative estimate of drug-likeness (QED) is 0.313. The van der Waals surface area contributed by atoms with Crippen molar-refractivity contribution in [2.45, 2.75) is 4.90 Å². The van der Waals surface area contributed by atoms with E-state index in [1.807, 2.05) is 0 Å². The van der Waals surface area contributed by atoms with Crippen LogP contribution in [0.25, 0.3) is 6.08 Å². The van der Waals surface area contributed by atoms with E-state index >= 15 is 0 Å². The molecule has 11 heteroatoms. The maximum atomic E-state index is 12.5. The minimum absolute atomic E-state index is 0.0103. The number of rotatable bonds is 6. The first-order valence-electron chi connectivity index (χ1n) is 8.04. The lowest BCUT2D eigenvalue weighted by atomic mass is 10.2. The Morgan fingerprint density at radius 3 is 2.38 bits per heavy atom. The predicted octanol–water partition coefficient (Wildman–Crippen LogP) is 3.25. The van der Waals surface area contributed by atoms with Crippen molar-refractivity contribution in [2.75, 3.05) is 0 Å². The van der Waals surface area contributed by atoms with E-state index in [2.05, 4.69) is 4.83 Å². The van der Waals surface area contributed by atoms with E-state index in [4.69, 9.17) is 12.2 Å². The van der Waals surface area contributed by atoms with Crippen LogP contribution in [-0.2, 0) is 14.8 Å². The highest BCUT2D eigenvalue weighted by atomic mass is 32.2. The van der Waals surface area contributed by atoms with Crippen LogP contribution in [0.5, 0.6) is 0 Å². The van der Waals surface area contributed by atoms with Crippen molar-refractivity contribution in [1.29, 1.82) is 0 Å². The fraction of sp³-hybridized carbons (Fsp3) is 0. The summed E-state index contributed by atoms with van der Waals surface area (Å²) in [7, 11) is -3.95. The Balaban J connectivity index is 1.72. The smallest absolute Gasteiger partial charge is 0.267 e. The molecule has 2 aromatic rings. The van der Waals surface area contributed by atoms with Gasteiger partial charge in [0, 0.05) is 12.1 Å². The molecule has 1 aliphatic rings. The van der Waals surface area contributed by atoms with Gasteiger partial charge in [-0.25, -0.2) is 13.4 Å². The van der Waals surface area contributed by atoms with Crippen LogP contribution in [0.4, 0.5) is 5.69 Å². The summed E-state index contributed by atoms with van der Waals surface area (Å²) in [4.78, 5) is 25.1. The number of thiocarbonyl (C=S) groups is 1. The summed E-state index contributed by atoms with van der Waals surface area (Å²) in [6.07, 6.45) is 4.74. The zero-order chi connectivity index (χ0) is 21.0. The van der Waals surface area contributed by atoms with Gasteiger partial charge in [0.2, 0.25) is 0 Å². The van der Waals surface area contributed by atoms with Crippen LogP contribution in [0.3, 0.4) is 0 Å². The summed E-state index contributed by atoms with van der Waals surface area (Å²) < 4.78 is 24.9. The van der Waals surface area contributed by atoms with Crippen molar-refractivity contribution in [1.82, 2.24) is 9.84 Å². The third-order valence-corrected chi connectivity index (χ3v) is 6.33. The van der Waals surface area contributed by atoms with E-state index in [9.17, 15) is 23.3 Å². The number of benzene rings is 2. The molecule has 2 aromatic carbocycles. The van der Waals surface area contributed by atoms with Gasteiger partial charge in [0.05, 0.1) is 14.7 Å². The van der Waals surface area contributed by atoms with Crippen LogP contribution in [0.15, 0.2) is 76.5 Å². The largest absolute Gasteiger partial charge is 0.281 e. The second-order valence-electron chi connectivity index (χ2n) is 5.65. The van der Waals surface area contributed by atoms with Gasteiger partial charge < -0.3 is 0 Å². The third-order valence-electron chi connectivity index (χ3n) is 3.70. The number of amides is 1. The molecule has 29 heavy (non-hydrogen) atoms. The number of nitrogens with zero attached hydrogens (tertiary/aromatic N) is 2. The SMILES string of the molecule is O=C1/C(=C\C=C\c2ccc([N+](=O)[O-])cc2)SC(=S)N1NS(=O)(=O)c1ccccc1. The molecule has 0 radical (unpaired) electrons. The first kappa shape index (κ1) is 20.9. The van der Waals surface area contributed by atoms with Crippen LogP contribution >= 0.6 is 24.0 Å². The molecular formula is C18H13N3O5S3. The number of sulfonamides is 1. The van der Waals surface area contributed by atoms with Gasteiger partial charge >= 0.3 is 0 Å². The number of thioether (sulfide) groups is 1. The molecule has 0 saturated carbocycles. The molecule has 0 atom stereocenters. The first-order chi connectivity index (χ1) is 13.8. The molecule has 1 fully saturated rings. The lowest BCUT2D eigenvalue weighted by molar-refractivity contribution is -0.384. The molecule has 148 valence electrons. The van der Waals surface area contributed by atoms with Crippen LogP contribution in [-0.4, -0.2) is 28.6 Å². The van der Waals surface area contributed by atoms with Crippen molar-refractivity contribution in [3.05, 3.63) is 87.3 Å². The van der Waals surface area contributed by atoms with Gasteiger partial charge in [-0.15, -0.1) is 4.83 Å². The molecule has 1 aliphatic heterocycles. The Morgan fingerprint density at radius 1 is 1.10 bits per heavy atom. The maximum Gasteiger partial charge on any atom is 0.281 e.